The molecule has 0 aromatic heterocycles. The van der Waals surface area contributed by atoms with E-state index in [4.69, 9.17) is 0 Å². The van der Waals surface area contributed by atoms with Crippen LogP contribution in [0.4, 0.5) is 0 Å². The van der Waals surface area contributed by atoms with E-state index in [9.17, 15) is 8.42 Å². The molecule has 0 aliphatic rings. The second-order valence-corrected chi connectivity index (χ2v) is 7.50. The van der Waals surface area contributed by atoms with Gasteiger partial charge in [-0.2, -0.15) is 0 Å². The van der Waals surface area contributed by atoms with E-state index in [1.807, 2.05) is 13.8 Å². The number of nitrogens with one attached hydrogen (secondary N) is 1. The zero-order chi connectivity index (χ0) is 13.8. The number of rotatable bonds is 6. The largest absolute Gasteiger partial charge is 0.313 e. The highest BCUT2D eigenvalue weighted by Crippen LogP contribution is 2.21. The molecule has 2 atom stereocenters. The zero-order valence-electron chi connectivity index (χ0n) is 11.0. The summed E-state index contributed by atoms with van der Waals surface area (Å²) in [6.45, 7) is 6.54. The van der Waals surface area contributed by atoms with Gasteiger partial charge in [-0.3, -0.25) is 0 Å². The van der Waals surface area contributed by atoms with Gasteiger partial charge in [-0.25, -0.2) is 8.42 Å². The van der Waals surface area contributed by atoms with E-state index >= 15 is 0 Å². The second-order valence-electron chi connectivity index (χ2n) is 4.28. The topological polar surface area (TPSA) is 46.2 Å². The predicted molar refractivity (Wildman–Crippen MR) is 78.5 cm³/mol. The highest BCUT2D eigenvalue weighted by Gasteiger charge is 2.29. The van der Waals surface area contributed by atoms with Gasteiger partial charge in [0.2, 0.25) is 0 Å². The monoisotopic (exact) mass is 333 g/mol. The molecule has 0 fully saturated rings. The molecule has 0 saturated heterocycles. The lowest BCUT2D eigenvalue weighted by Gasteiger charge is -2.23. The van der Waals surface area contributed by atoms with Crippen LogP contribution >= 0.6 is 15.9 Å². The summed E-state index contributed by atoms with van der Waals surface area (Å²) in [6, 6.07) is 6.80. The zero-order valence-corrected chi connectivity index (χ0v) is 13.4. The van der Waals surface area contributed by atoms with Gasteiger partial charge >= 0.3 is 0 Å². The molecule has 1 aromatic rings. The maximum Gasteiger partial charge on any atom is 0.182 e. The fourth-order valence-corrected chi connectivity index (χ4v) is 3.89. The average Bonchev–Trinajstić information content (AvgIpc) is 2.35. The Hall–Kier alpha value is -0.390. The van der Waals surface area contributed by atoms with E-state index in [0.717, 1.165) is 17.4 Å². The lowest BCUT2D eigenvalue weighted by molar-refractivity contribution is 0.483. The highest BCUT2D eigenvalue weighted by molar-refractivity contribution is 9.10. The molecule has 0 aliphatic heterocycles. The van der Waals surface area contributed by atoms with E-state index < -0.39 is 15.1 Å². The minimum atomic E-state index is -3.27. The van der Waals surface area contributed by atoms with Gasteiger partial charge in [0.15, 0.2) is 9.84 Å². The minimum Gasteiger partial charge on any atom is -0.313 e. The Morgan fingerprint density at radius 1 is 1.22 bits per heavy atom. The van der Waals surface area contributed by atoms with Crippen LogP contribution in [0.1, 0.15) is 27.2 Å². The summed E-state index contributed by atoms with van der Waals surface area (Å²) in [5.41, 5.74) is 0. The fraction of sp³-hybridized carbons (Fsp3) is 0.538. The number of benzene rings is 1. The molecule has 0 bridgehead atoms. The molecule has 2 unspecified atom stereocenters. The van der Waals surface area contributed by atoms with Gasteiger partial charge in [-0.15, -0.1) is 0 Å². The van der Waals surface area contributed by atoms with Gasteiger partial charge in [0.05, 0.1) is 10.1 Å². The van der Waals surface area contributed by atoms with Crippen molar-refractivity contribution < 1.29 is 8.42 Å². The SMILES string of the molecule is CCNC(CC)C(C)S(=O)(=O)c1ccc(Br)cc1. The van der Waals surface area contributed by atoms with E-state index in [-0.39, 0.29) is 6.04 Å². The summed E-state index contributed by atoms with van der Waals surface area (Å²) in [6.07, 6.45) is 0.796. The van der Waals surface area contributed by atoms with Crippen molar-refractivity contribution in [1.29, 1.82) is 0 Å². The molecule has 1 rings (SSSR count). The third-order valence-electron chi connectivity index (χ3n) is 3.10. The lowest BCUT2D eigenvalue weighted by atomic mass is 10.2. The molecule has 3 nitrogen and oxygen atoms in total. The summed E-state index contributed by atoms with van der Waals surface area (Å²) >= 11 is 3.31. The highest BCUT2D eigenvalue weighted by atomic mass is 79.9. The van der Waals surface area contributed by atoms with Crippen LogP contribution < -0.4 is 5.32 Å². The molecule has 102 valence electrons. The quantitative estimate of drug-likeness (QED) is 0.870. The Balaban J connectivity index is 3.01. The Labute approximate surface area is 118 Å². The molecule has 0 amide bonds. The van der Waals surface area contributed by atoms with Crippen LogP contribution in [0.25, 0.3) is 0 Å². The average molecular weight is 334 g/mol. The maximum absolute atomic E-state index is 12.5. The minimum absolute atomic E-state index is 0.0105. The summed E-state index contributed by atoms with van der Waals surface area (Å²) < 4.78 is 25.8. The van der Waals surface area contributed by atoms with E-state index in [1.54, 1.807) is 31.2 Å². The summed E-state index contributed by atoms with van der Waals surface area (Å²) in [5.74, 6) is 0. The first-order valence-corrected chi connectivity index (χ1v) is 8.50. The molecule has 18 heavy (non-hydrogen) atoms. The first-order valence-electron chi connectivity index (χ1n) is 6.16. The van der Waals surface area contributed by atoms with Crippen molar-refractivity contribution in [3.8, 4) is 0 Å². The number of hydrogen-bond donors (Lipinski definition) is 1. The number of sulfone groups is 1. The molecule has 5 heteroatoms. The molecule has 0 radical (unpaired) electrons. The van der Waals surface area contributed by atoms with Crippen molar-refractivity contribution in [2.75, 3.05) is 6.54 Å². The first-order chi connectivity index (χ1) is 8.43. The molecule has 1 N–H and O–H groups in total. The van der Waals surface area contributed by atoms with Gasteiger partial charge < -0.3 is 5.32 Å². The van der Waals surface area contributed by atoms with E-state index in [1.165, 1.54) is 0 Å². The van der Waals surface area contributed by atoms with Crippen molar-refractivity contribution >= 4 is 25.8 Å². The summed E-state index contributed by atoms with van der Waals surface area (Å²) in [5, 5.41) is 2.80. The van der Waals surface area contributed by atoms with Gasteiger partial charge in [0.1, 0.15) is 0 Å². The van der Waals surface area contributed by atoms with Crippen molar-refractivity contribution in [2.24, 2.45) is 0 Å². The maximum atomic E-state index is 12.5. The lowest BCUT2D eigenvalue weighted by Crippen LogP contribution is -2.42. The van der Waals surface area contributed by atoms with Crippen LogP contribution in [0.5, 0.6) is 0 Å². The van der Waals surface area contributed by atoms with Crippen molar-refractivity contribution in [3.63, 3.8) is 0 Å². The summed E-state index contributed by atoms with van der Waals surface area (Å²) in [7, 11) is -3.27. The van der Waals surface area contributed by atoms with Crippen LogP contribution in [-0.2, 0) is 9.84 Å². The predicted octanol–water partition coefficient (Wildman–Crippen LogP) is 3.00. The van der Waals surface area contributed by atoms with Crippen LogP contribution in [0.15, 0.2) is 33.6 Å². The molecule has 1 aromatic carbocycles. The van der Waals surface area contributed by atoms with Crippen LogP contribution in [-0.4, -0.2) is 26.3 Å². The third kappa shape index (κ3) is 3.56. The normalized spacial score (nSPS) is 15.3. The molecular formula is C13H20BrNO2S. The Morgan fingerprint density at radius 2 is 1.78 bits per heavy atom. The number of hydrogen-bond acceptors (Lipinski definition) is 3. The summed E-state index contributed by atoms with van der Waals surface area (Å²) in [4.78, 5) is 0.384. The second kappa shape index (κ2) is 6.68. The van der Waals surface area contributed by atoms with Crippen LogP contribution in [0.3, 0.4) is 0 Å². The molecule has 0 saturated carbocycles. The standard InChI is InChI=1S/C13H20BrNO2S/c1-4-13(15-5-2)10(3)18(16,17)12-8-6-11(14)7-9-12/h6-10,13,15H,4-5H2,1-3H3. The van der Waals surface area contributed by atoms with Crippen molar-refractivity contribution in [1.82, 2.24) is 5.32 Å². The smallest absolute Gasteiger partial charge is 0.182 e. The van der Waals surface area contributed by atoms with Gasteiger partial charge in [0.25, 0.3) is 0 Å². The number of halogens is 1. The van der Waals surface area contributed by atoms with Crippen LogP contribution in [0.2, 0.25) is 0 Å². The first kappa shape index (κ1) is 15.7. The van der Waals surface area contributed by atoms with Crippen LogP contribution in [0, 0.1) is 0 Å². The van der Waals surface area contributed by atoms with Gasteiger partial charge in [-0.05, 0) is 44.2 Å². The van der Waals surface area contributed by atoms with E-state index in [0.29, 0.717) is 4.90 Å². The van der Waals surface area contributed by atoms with Crippen molar-refractivity contribution in [3.05, 3.63) is 28.7 Å². The third-order valence-corrected chi connectivity index (χ3v) is 5.87. The molecule has 0 spiro atoms. The van der Waals surface area contributed by atoms with Crippen molar-refractivity contribution in [2.45, 2.75) is 43.4 Å². The molecule has 0 heterocycles. The van der Waals surface area contributed by atoms with Gasteiger partial charge in [-0.1, -0.05) is 29.8 Å². The Kier molecular flexibility index (Phi) is 5.82. The Morgan fingerprint density at radius 3 is 2.22 bits per heavy atom. The fourth-order valence-electron chi connectivity index (χ4n) is 1.96. The molecular weight excluding hydrogens is 314 g/mol. The Bertz CT molecular complexity index is 470. The van der Waals surface area contributed by atoms with E-state index in [2.05, 4.69) is 21.2 Å². The molecule has 0 aliphatic carbocycles. The van der Waals surface area contributed by atoms with Gasteiger partial charge in [0, 0.05) is 10.5 Å².